The number of hydrogen-bond acceptors (Lipinski definition) is 2. The van der Waals surface area contributed by atoms with Crippen LogP contribution in [0.15, 0.2) is 18.2 Å². The molecule has 1 fully saturated rings. The Kier molecular flexibility index (Phi) is 6.09. The highest BCUT2D eigenvalue weighted by molar-refractivity contribution is 6.31. The molecule has 1 aromatic carbocycles. The van der Waals surface area contributed by atoms with Gasteiger partial charge in [-0.3, -0.25) is 0 Å². The summed E-state index contributed by atoms with van der Waals surface area (Å²) in [6, 6.07) is 6.67. The van der Waals surface area contributed by atoms with E-state index in [0.29, 0.717) is 6.04 Å². The molecule has 0 radical (unpaired) electrons. The van der Waals surface area contributed by atoms with Crippen LogP contribution in [0.3, 0.4) is 0 Å². The molecule has 0 aliphatic carbocycles. The van der Waals surface area contributed by atoms with Crippen molar-refractivity contribution in [2.24, 2.45) is 0 Å². The van der Waals surface area contributed by atoms with E-state index in [9.17, 15) is 0 Å². The second-order valence-corrected chi connectivity index (χ2v) is 6.83. The Balaban J connectivity index is 2.15. The van der Waals surface area contributed by atoms with Gasteiger partial charge in [-0.1, -0.05) is 30.7 Å². The van der Waals surface area contributed by atoms with Crippen LogP contribution in [0.2, 0.25) is 5.02 Å². The quantitative estimate of drug-likeness (QED) is 0.834. The third kappa shape index (κ3) is 4.45. The number of nitrogens with one attached hydrogen (secondary N) is 1. The lowest BCUT2D eigenvalue weighted by Crippen LogP contribution is -2.53. The van der Waals surface area contributed by atoms with Crippen molar-refractivity contribution in [3.63, 3.8) is 0 Å². The van der Waals surface area contributed by atoms with Crippen LogP contribution < -0.4 is 5.32 Å². The molecule has 1 aromatic rings. The summed E-state index contributed by atoms with van der Waals surface area (Å²) in [7, 11) is 0. The normalized spacial score (nSPS) is 24.0. The first kappa shape index (κ1) is 16.8. The summed E-state index contributed by atoms with van der Waals surface area (Å²) in [6.45, 7) is 8.43. The molecule has 1 heterocycles. The molecule has 0 spiro atoms. The first-order valence-electron chi connectivity index (χ1n) is 8.17. The van der Waals surface area contributed by atoms with Crippen molar-refractivity contribution in [3.05, 3.63) is 34.3 Å². The molecule has 2 atom stereocenters. The molecule has 0 amide bonds. The number of rotatable bonds is 6. The Labute approximate surface area is 134 Å². The van der Waals surface area contributed by atoms with E-state index in [1.165, 1.54) is 24.0 Å². The van der Waals surface area contributed by atoms with Gasteiger partial charge in [-0.15, -0.1) is 0 Å². The minimum Gasteiger partial charge on any atom is -0.374 e. The summed E-state index contributed by atoms with van der Waals surface area (Å²) in [6.07, 6.45) is 5.62. The van der Waals surface area contributed by atoms with E-state index in [1.54, 1.807) is 0 Å². The molecule has 118 valence electrons. The van der Waals surface area contributed by atoms with Gasteiger partial charge in [0.15, 0.2) is 0 Å². The Morgan fingerprint density at radius 1 is 1.38 bits per heavy atom. The summed E-state index contributed by atoms with van der Waals surface area (Å²) < 4.78 is 6.15. The van der Waals surface area contributed by atoms with E-state index in [1.807, 2.05) is 0 Å². The molecular formula is C18H28ClNO. The SMILES string of the molecule is CCCNC(Cc1ccc(C)cc1Cl)C1(C)CCCCO1. The first-order chi connectivity index (χ1) is 10.0. The Morgan fingerprint density at radius 2 is 2.19 bits per heavy atom. The fraction of sp³-hybridized carbons (Fsp3) is 0.667. The zero-order valence-corrected chi connectivity index (χ0v) is 14.3. The predicted molar refractivity (Wildman–Crippen MR) is 90.2 cm³/mol. The molecule has 1 N–H and O–H groups in total. The van der Waals surface area contributed by atoms with Crippen LogP contribution in [0, 0.1) is 6.92 Å². The van der Waals surface area contributed by atoms with Gasteiger partial charge < -0.3 is 10.1 Å². The lowest BCUT2D eigenvalue weighted by molar-refractivity contribution is -0.0883. The largest absolute Gasteiger partial charge is 0.374 e. The average Bonchev–Trinajstić information content (AvgIpc) is 2.46. The van der Waals surface area contributed by atoms with E-state index in [-0.39, 0.29) is 5.60 Å². The van der Waals surface area contributed by atoms with Crippen LogP contribution in [0.25, 0.3) is 0 Å². The van der Waals surface area contributed by atoms with Gasteiger partial charge in [0.2, 0.25) is 0 Å². The maximum absolute atomic E-state index is 6.42. The van der Waals surface area contributed by atoms with Crippen molar-refractivity contribution < 1.29 is 4.74 Å². The van der Waals surface area contributed by atoms with Gasteiger partial charge in [0.1, 0.15) is 0 Å². The van der Waals surface area contributed by atoms with E-state index >= 15 is 0 Å². The lowest BCUT2D eigenvalue weighted by atomic mass is 9.84. The minimum absolute atomic E-state index is 0.0817. The number of hydrogen-bond donors (Lipinski definition) is 1. The molecular weight excluding hydrogens is 282 g/mol. The molecule has 0 aromatic heterocycles. The molecule has 2 rings (SSSR count). The van der Waals surface area contributed by atoms with Gasteiger partial charge in [0.25, 0.3) is 0 Å². The summed E-state index contributed by atoms with van der Waals surface area (Å²) in [4.78, 5) is 0. The lowest BCUT2D eigenvalue weighted by Gasteiger charge is -2.41. The van der Waals surface area contributed by atoms with E-state index < -0.39 is 0 Å². The molecule has 0 bridgehead atoms. The molecule has 1 aliphatic rings. The molecule has 3 heteroatoms. The highest BCUT2D eigenvalue weighted by atomic mass is 35.5. The second kappa shape index (κ2) is 7.62. The van der Waals surface area contributed by atoms with Crippen molar-refractivity contribution in [3.8, 4) is 0 Å². The second-order valence-electron chi connectivity index (χ2n) is 6.42. The minimum atomic E-state index is -0.0817. The first-order valence-corrected chi connectivity index (χ1v) is 8.55. The van der Waals surface area contributed by atoms with Crippen molar-refractivity contribution in [2.45, 2.75) is 64.5 Å². The van der Waals surface area contributed by atoms with Crippen molar-refractivity contribution in [2.75, 3.05) is 13.2 Å². The number of halogens is 1. The van der Waals surface area contributed by atoms with Crippen LogP contribution in [0.5, 0.6) is 0 Å². The van der Waals surface area contributed by atoms with Gasteiger partial charge in [0, 0.05) is 17.7 Å². The molecule has 1 aliphatic heterocycles. The molecule has 1 saturated heterocycles. The van der Waals surface area contributed by atoms with Gasteiger partial charge in [-0.2, -0.15) is 0 Å². The van der Waals surface area contributed by atoms with Crippen LogP contribution in [-0.4, -0.2) is 24.8 Å². The Bertz CT molecular complexity index is 455. The third-order valence-corrected chi connectivity index (χ3v) is 4.86. The Morgan fingerprint density at radius 3 is 2.81 bits per heavy atom. The zero-order chi connectivity index (χ0) is 15.3. The monoisotopic (exact) mass is 309 g/mol. The molecule has 2 unspecified atom stereocenters. The van der Waals surface area contributed by atoms with Crippen LogP contribution in [-0.2, 0) is 11.2 Å². The van der Waals surface area contributed by atoms with Crippen molar-refractivity contribution in [1.82, 2.24) is 5.32 Å². The predicted octanol–water partition coefficient (Wildman–Crippen LogP) is 4.52. The molecule has 0 saturated carbocycles. The van der Waals surface area contributed by atoms with E-state index in [0.717, 1.165) is 37.4 Å². The summed E-state index contributed by atoms with van der Waals surface area (Å²) in [5, 5.41) is 4.56. The highest BCUT2D eigenvalue weighted by Crippen LogP contribution is 2.31. The maximum atomic E-state index is 6.42. The third-order valence-electron chi connectivity index (χ3n) is 4.51. The van der Waals surface area contributed by atoms with Gasteiger partial charge in [-0.25, -0.2) is 0 Å². The smallest absolute Gasteiger partial charge is 0.0810 e. The fourth-order valence-corrected chi connectivity index (χ4v) is 3.40. The summed E-state index contributed by atoms with van der Waals surface area (Å²) in [5.41, 5.74) is 2.34. The molecule has 2 nitrogen and oxygen atoms in total. The molecule has 21 heavy (non-hydrogen) atoms. The number of benzene rings is 1. The van der Waals surface area contributed by atoms with Crippen LogP contribution >= 0.6 is 11.6 Å². The van der Waals surface area contributed by atoms with Crippen molar-refractivity contribution >= 4 is 11.6 Å². The van der Waals surface area contributed by atoms with Gasteiger partial charge in [-0.05, 0) is 69.7 Å². The summed E-state index contributed by atoms with van der Waals surface area (Å²) >= 11 is 6.42. The number of ether oxygens (including phenoxy) is 1. The Hall–Kier alpha value is -0.570. The fourth-order valence-electron chi connectivity index (χ4n) is 3.09. The van der Waals surface area contributed by atoms with Crippen molar-refractivity contribution in [1.29, 1.82) is 0 Å². The zero-order valence-electron chi connectivity index (χ0n) is 13.5. The van der Waals surface area contributed by atoms with Crippen LogP contribution in [0.1, 0.15) is 50.7 Å². The number of aryl methyl sites for hydroxylation is 1. The van der Waals surface area contributed by atoms with Crippen LogP contribution in [0.4, 0.5) is 0 Å². The summed E-state index contributed by atoms with van der Waals surface area (Å²) in [5.74, 6) is 0. The average molecular weight is 310 g/mol. The van der Waals surface area contributed by atoms with Gasteiger partial charge >= 0.3 is 0 Å². The maximum Gasteiger partial charge on any atom is 0.0810 e. The highest BCUT2D eigenvalue weighted by Gasteiger charge is 2.36. The topological polar surface area (TPSA) is 21.3 Å². The standard InChI is InChI=1S/C18H28ClNO/c1-4-10-20-17(18(3)9-5-6-11-21-18)13-15-8-7-14(2)12-16(15)19/h7-8,12,17,20H,4-6,9-11,13H2,1-3H3. The van der Waals surface area contributed by atoms with E-state index in [4.69, 9.17) is 16.3 Å². The van der Waals surface area contributed by atoms with Gasteiger partial charge in [0.05, 0.1) is 5.60 Å². The van der Waals surface area contributed by atoms with E-state index in [2.05, 4.69) is 44.3 Å².